The molecule has 2 saturated carbocycles. The first kappa shape index (κ1) is 18.5. The lowest BCUT2D eigenvalue weighted by Crippen LogP contribution is -2.43. The molecule has 2 aliphatic rings. The average molecular weight is 385 g/mol. The Morgan fingerprint density at radius 3 is 2.78 bits per heavy atom. The van der Waals surface area contributed by atoms with Crippen LogP contribution in [0.25, 0.3) is 5.69 Å². The molecule has 27 heavy (non-hydrogen) atoms. The predicted octanol–water partition coefficient (Wildman–Crippen LogP) is 4.00. The minimum Gasteiger partial charge on any atom is -0.352 e. The molecule has 1 heterocycles. The molecular weight excluding hydrogens is 356 g/mol. The molecule has 0 radical (unpaired) electrons. The van der Waals surface area contributed by atoms with Gasteiger partial charge in [-0.1, -0.05) is 36.4 Å². The van der Waals surface area contributed by atoms with Gasteiger partial charge in [0.1, 0.15) is 6.33 Å². The lowest BCUT2D eigenvalue weighted by atomic mass is 9.84. The Balaban J connectivity index is 1.39. The summed E-state index contributed by atoms with van der Waals surface area (Å²) < 4.78 is 1.96. The van der Waals surface area contributed by atoms with Gasteiger partial charge >= 0.3 is 0 Å². The van der Waals surface area contributed by atoms with E-state index < -0.39 is 0 Å². The first-order chi connectivity index (χ1) is 13.0. The van der Waals surface area contributed by atoms with E-state index in [4.69, 9.17) is 0 Å². The van der Waals surface area contributed by atoms with Gasteiger partial charge in [-0.25, -0.2) is 0 Å². The SMILES string of the molecule is Cc1ccccc1-n1cnnc1SC(C)C(=O)NC(C)C1CC2CCC1C2. The van der Waals surface area contributed by atoms with Crippen molar-refractivity contribution in [3.8, 4) is 5.69 Å². The van der Waals surface area contributed by atoms with Crippen molar-refractivity contribution in [2.45, 2.75) is 62.9 Å². The Morgan fingerprint density at radius 2 is 2.07 bits per heavy atom. The van der Waals surface area contributed by atoms with Gasteiger partial charge in [-0.05, 0) is 69.4 Å². The Morgan fingerprint density at radius 1 is 1.26 bits per heavy atom. The van der Waals surface area contributed by atoms with Crippen molar-refractivity contribution in [1.82, 2.24) is 20.1 Å². The summed E-state index contributed by atoms with van der Waals surface area (Å²) in [6, 6.07) is 8.39. The monoisotopic (exact) mass is 384 g/mol. The molecule has 0 spiro atoms. The van der Waals surface area contributed by atoms with Crippen LogP contribution >= 0.6 is 11.8 Å². The molecule has 5 unspecified atom stereocenters. The van der Waals surface area contributed by atoms with Gasteiger partial charge in [0.25, 0.3) is 0 Å². The van der Waals surface area contributed by atoms with Gasteiger partial charge in [-0.2, -0.15) is 0 Å². The molecule has 1 amide bonds. The molecule has 1 N–H and O–H groups in total. The van der Waals surface area contributed by atoms with Crippen molar-refractivity contribution in [2.75, 3.05) is 0 Å². The van der Waals surface area contributed by atoms with Gasteiger partial charge < -0.3 is 5.32 Å². The zero-order chi connectivity index (χ0) is 19.0. The molecule has 5 atom stereocenters. The average Bonchev–Trinajstić information content (AvgIpc) is 3.39. The van der Waals surface area contributed by atoms with E-state index in [1.54, 1.807) is 6.33 Å². The van der Waals surface area contributed by atoms with Crippen molar-refractivity contribution in [3.63, 3.8) is 0 Å². The van der Waals surface area contributed by atoms with E-state index in [0.717, 1.165) is 28.2 Å². The van der Waals surface area contributed by atoms with Gasteiger partial charge in [0, 0.05) is 6.04 Å². The van der Waals surface area contributed by atoms with Crippen LogP contribution in [0.5, 0.6) is 0 Å². The second kappa shape index (κ2) is 7.66. The van der Waals surface area contributed by atoms with E-state index in [0.29, 0.717) is 5.92 Å². The van der Waals surface area contributed by atoms with E-state index in [-0.39, 0.29) is 17.2 Å². The number of thioether (sulfide) groups is 1. The maximum Gasteiger partial charge on any atom is 0.233 e. The van der Waals surface area contributed by atoms with Crippen LogP contribution in [-0.4, -0.2) is 32.0 Å². The molecule has 4 rings (SSSR count). The molecule has 6 heteroatoms. The van der Waals surface area contributed by atoms with Crippen LogP contribution in [0, 0.1) is 24.7 Å². The summed E-state index contributed by atoms with van der Waals surface area (Å²) >= 11 is 1.47. The lowest BCUT2D eigenvalue weighted by molar-refractivity contribution is -0.121. The first-order valence-corrected chi connectivity index (χ1v) is 10.8. The molecule has 2 fully saturated rings. The number of aryl methyl sites for hydroxylation is 1. The van der Waals surface area contributed by atoms with Gasteiger partial charge in [0.2, 0.25) is 5.91 Å². The number of amides is 1. The fourth-order valence-corrected chi connectivity index (χ4v) is 5.72. The largest absolute Gasteiger partial charge is 0.352 e. The summed E-state index contributed by atoms with van der Waals surface area (Å²) in [4.78, 5) is 12.8. The molecule has 5 nitrogen and oxygen atoms in total. The molecule has 144 valence electrons. The topological polar surface area (TPSA) is 59.8 Å². The minimum absolute atomic E-state index is 0.0922. The van der Waals surface area contributed by atoms with Crippen LogP contribution in [-0.2, 0) is 4.79 Å². The number of benzene rings is 1. The van der Waals surface area contributed by atoms with E-state index >= 15 is 0 Å². The van der Waals surface area contributed by atoms with Crippen LogP contribution < -0.4 is 5.32 Å². The third-order valence-corrected chi connectivity index (χ3v) is 7.40. The fourth-order valence-electron chi connectivity index (χ4n) is 4.87. The Labute approximate surface area is 165 Å². The van der Waals surface area contributed by atoms with Crippen molar-refractivity contribution in [2.24, 2.45) is 17.8 Å². The summed E-state index contributed by atoms with van der Waals surface area (Å²) in [6.45, 7) is 6.19. The van der Waals surface area contributed by atoms with Crippen LogP contribution in [0.4, 0.5) is 0 Å². The third-order valence-electron chi connectivity index (χ3n) is 6.35. The summed E-state index contributed by atoms with van der Waals surface area (Å²) in [5.41, 5.74) is 2.20. The third kappa shape index (κ3) is 3.77. The fraction of sp³-hybridized carbons (Fsp3) is 0.571. The highest BCUT2D eigenvalue weighted by Crippen LogP contribution is 2.49. The first-order valence-electron chi connectivity index (χ1n) is 9.96. The van der Waals surface area contributed by atoms with Gasteiger partial charge in [0.15, 0.2) is 5.16 Å². The van der Waals surface area contributed by atoms with Crippen LogP contribution in [0.2, 0.25) is 0 Å². The van der Waals surface area contributed by atoms with Gasteiger partial charge in [-0.3, -0.25) is 9.36 Å². The summed E-state index contributed by atoms with van der Waals surface area (Å²) in [6.07, 6.45) is 7.11. The van der Waals surface area contributed by atoms with Crippen LogP contribution in [0.15, 0.2) is 35.7 Å². The highest BCUT2D eigenvalue weighted by Gasteiger charge is 2.42. The number of rotatable bonds is 6. The highest BCUT2D eigenvalue weighted by atomic mass is 32.2. The second-order valence-electron chi connectivity index (χ2n) is 8.17. The number of carbonyl (C=O) groups is 1. The second-order valence-corrected chi connectivity index (χ2v) is 9.47. The molecule has 0 aliphatic heterocycles. The Kier molecular flexibility index (Phi) is 5.26. The number of nitrogens with zero attached hydrogens (tertiary/aromatic N) is 3. The van der Waals surface area contributed by atoms with Crippen molar-refractivity contribution in [3.05, 3.63) is 36.2 Å². The number of hydrogen-bond acceptors (Lipinski definition) is 4. The molecule has 1 aromatic heterocycles. The quantitative estimate of drug-likeness (QED) is 0.765. The maximum absolute atomic E-state index is 12.8. The summed E-state index contributed by atoms with van der Waals surface area (Å²) in [5.74, 6) is 2.46. The Hall–Kier alpha value is -1.82. The number of para-hydroxylation sites is 1. The van der Waals surface area contributed by atoms with E-state index in [1.165, 1.54) is 37.4 Å². The van der Waals surface area contributed by atoms with E-state index in [9.17, 15) is 4.79 Å². The zero-order valence-corrected chi connectivity index (χ0v) is 17.1. The van der Waals surface area contributed by atoms with Crippen molar-refractivity contribution < 1.29 is 4.79 Å². The summed E-state index contributed by atoms with van der Waals surface area (Å²) in [5, 5.41) is 12.1. The lowest BCUT2D eigenvalue weighted by Gasteiger charge is -2.29. The number of hydrogen-bond donors (Lipinski definition) is 1. The normalized spacial score (nSPS) is 26.1. The van der Waals surface area contributed by atoms with Crippen LogP contribution in [0.1, 0.15) is 45.1 Å². The van der Waals surface area contributed by atoms with E-state index in [2.05, 4.69) is 35.4 Å². The van der Waals surface area contributed by atoms with Gasteiger partial charge in [0.05, 0.1) is 10.9 Å². The molecule has 1 aromatic carbocycles. The number of aromatic nitrogens is 3. The molecule has 2 aromatic rings. The predicted molar refractivity (Wildman–Crippen MR) is 108 cm³/mol. The molecule has 2 aliphatic carbocycles. The zero-order valence-electron chi connectivity index (χ0n) is 16.3. The standard InChI is InChI=1S/C21H28N4OS/c1-13-6-4-5-7-19(13)25-12-22-24-21(25)27-15(3)20(26)23-14(2)18-11-16-8-9-17(18)10-16/h4-7,12,14-18H,8-11H2,1-3H3,(H,23,26). The minimum atomic E-state index is -0.210. The summed E-state index contributed by atoms with van der Waals surface area (Å²) in [7, 11) is 0. The van der Waals surface area contributed by atoms with E-state index in [1.807, 2.05) is 29.7 Å². The molecule has 0 saturated heterocycles. The number of nitrogens with one attached hydrogen (secondary N) is 1. The van der Waals surface area contributed by atoms with Crippen LogP contribution in [0.3, 0.4) is 0 Å². The molecule has 2 bridgehead atoms. The van der Waals surface area contributed by atoms with Gasteiger partial charge in [-0.15, -0.1) is 10.2 Å². The highest BCUT2D eigenvalue weighted by molar-refractivity contribution is 8.00. The Bertz CT molecular complexity index is 820. The molecular formula is C21H28N4OS. The number of fused-ring (bicyclic) bond motifs is 2. The van der Waals surface area contributed by atoms with Crippen molar-refractivity contribution >= 4 is 17.7 Å². The van der Waals surface area contributed by atoms with Crippen molar-refractivity contribution in [1.29, 1.82) is 0 Å². The maximum atomic E-state index is 12.8. The number of carbonyl (C=O) groups excluding carboxylic acids is 1. The smallest absolute Gasteiger partial charge is 0.233 e.